The first-order valence-corrected chi connectivity index (χ1v) is 9.39. The van der Waals surface area contributed by atoms with Crippen molar-refractivity contribution in [1.29, 1.82) is 0 Å². The summed E-state index contributed by atoms with van der Waals surface area (Å²) in [5, 5.41) is 6.77. The fraction of sp³-hybridized carbons (Fsp3) is 0.278. The van der Waals surface area contributed by atoms with E-state index in [9.17, 15) is 13.2 Å². The lowest BCUT2D eigenvalue weighted by Gasteiger charge is -2.23. The van der Waals surface area contributed by atoms with Crippen LogP contribution in [0.1, 0.15) is 18.4 Å². The topological polar surface area (TPSA) is 27.3 Å². The molecule has 0 spiro atoms. The van der Waals surface area contributed by atoms with Gasteiger partial charge in [0.05, 0.1) is 16.9 Å². The molecule has 1 saturated heterocycles. The lowest BCUT2D eigenvalue weighted by molar-refractivity contribution is -0.137. The van der Waals surface area contributed by atoms with Crippen LogP contribution >= 0.6 is 35.4 Å². The molecule has 9 heteroatoms. The van der Waals surface area contributed by atoms with Gasteiger partial charge in [0.25, 0.3) is 0 Å². The van der Waals surface area contributed by atoms with E-state index in [2.05, 4.69) is 10.6 Å². The third-order valence-corrected chi connectivity index (χ3v) is 4.78. The van der Waals surface area contributed by atoms with E-state index in [1.165, 1.54) is 6.07 Å². The Morgan fingerprint density at radius 1 is 0.963 bits per heavy atom. The molecule has 1 fully saturated rings. The summed E-state index contributed by atoms with van der Waals surface area (Å²) in [6.07, 6.45) is -2.43. The van der Waals surface area contributed by atoms with Gasteiger partial charge < -0.3 is 15.5 Å². The van der Waals surface area contributed by atoms with Crippen LogP contribution in [0.5, 0.6) is 0 Å². The average Bonchev–Trinajstić information content (AvgIpc) is 3.07. The fourth-order valence-corrected chi connectivity index (χ4v) is 3.71. The highest BCUT2D eigenvalue weighted by atomic mass is 35.5. The zero-order valence-electron chi connectivity index (χ0n) is 14.0. The standard InChI is InChI=1S/C18H16Cl2F3N3S/c19-12-8-13(20)10-14(9-12)24-17(27)25-15-7-11(18(21,22)23)3-4-16(15)26-5-1-2-6-26/h3-4,7-10H,1-2,5-6H2,(H2,24,25,27). The van der Waals surface area contributed by atoms with Crippen LogP contribution in [0.15, 0.2) is 36.4 Å². The molecular formula is C18H16Cl2F3N3S. The molecule has 1 aliphatic heterocycles. The third-order valence-electron chi connectivity index (χ3n) is 4.14. The second-order valence-electron chi connectivity index (χ2n) is 6.16. The van der Waals surface area contributed by atoms with Gasteiger partial charge in [-0.15, -0.1) is 0 Å². The van der Waals surface area contributed by atoms with Crippen molar-refractivity contribution >= 4 is 57.6 Å². The maximum absolute atomic E-state index is 13.1. The molecule has 27 heavy (non-hydrogen) atoms. The van der Waals surface area contributed by atoms with Gasteiger partial charge in [-0.2, -0.15) is 13.2 Å². The molecule has 0 aliphatic carbocycles. The summed E-state index contributed by atoms with van der Waals surface area (Å²) in [4.78, 5) is 2.04. The molecule has 0 saturated carbocycles. The molecule has 0 aromatic heterocycles. The minimum absolute atomic E-state index is 0.146. The van der Waals surface area contributed by atoms with Crippen LogP contribution in [0.3, 0.4) is 0 Å². The van der Waals surface area contributed by atoms with Crippen LogP contribution < -0.4 is 15.5 Å². The van der Waals surface area contributed by atoms with Crippen LogP contribution in [0, 0.1) is 0 Å². The highest BCUT2D eigenvalue weighted by molar-refractivity contribution is 7.80. The van der Waals surface area contributed by atoms with Crippen molar-refractivity contribution < 1.29 is 13.2 Å². The van der Waals surface area contributed by atoms with Crippen molar-refractivity contribution in [3.63, 3.8) is 0 Å². The lowest BCUT2D eigenvalue weighted by Crippen LogP contribution is -2.24. The van der Waals surface area contributed by atoms with Crippen LogP contribution in [0.25, 0.3) is 0 Å². The van der Waals surface area contributed by atoms with Gasteiger partial charge in [0, 0.05) is 28.8 Å². The quantitative estimate of drug-likeness (QED) is 0.545. The van der Waals surface area contributed by atoms with Crippen molar-refractivity contribution in [1.82, 2.24) is 0 Å². The van der Waals surface area contributed by atoms with Gasteiger partial charge in [-0.1, -0.05) is 23.2 Å². The summed E-state index contributed by atoms with van der Waals surface area (Å²) in [6, 6.07) is 8.46. The van der Waals surface area contributed by atoms with Crippen molar-refractivity contribution in [2.24, 2.45) is 0 Å². The molecule has 144 valence electrons. The van der Waals surface area contributed by atoms with Crippen molar-refractivity contribution in [3.05, 3.63) is 52.0 Å². The Balaban J connectivity index is 1.85. The highest BCUT2D eigenvalue weighted by Crippen LogP contribution is 2.36. The number of alkyl halides is 3. The molecule has 0 atom stereocenters. The smallest absolute Gasteiger partial charge is 0.370 e. The lowest BCUT2D eigenvalue weighted by atomic mass is 10.1. The van der Waals surface area contributed by atoms with E-state index < -0.39 is 11.7 Å². The summed E-state index contributed by atoms with van der Waals surface area (Å²) in [5.41, 5.74) is 0.798. The van der Waals surface area contributed by atoms with Gasteiger partial charge in [-0.3, -0.25) is 0 Å². The molecule has 0 amide bonds. The number of nitrogens with one attached hydrogen (secondary N) is 2. The molecular weight excluding hydrogens is 418 g/mol. The first kappa shape index (κ1) is 20.0. The van der Waals surface area contributed by atoms with Crippen LogP contribution in [0.4, 0.5) is 30.2 Å². The van der Waals surface area contributed by atoms with Gasteiger partial charge in [-0.05, 0) is 61.5 Å². The fourth-order valence-electron chi connectivity index (χ4n) is 2.96. The molecule has 0 bridgehead atoms. The molecule has 2 aromatic carbocycles. The number of hydrogen-bond donors (Lipinski definition) is 2. The number of benzene rings is 2. The van der Waals surface area contributed by atoms with Crippen molar-refractivity contribution in [2.45, 2.75) is 19.0 Å². The summed E-state index contributed by atoms with van der Waals surface area (Å²) in [5.74, 6) is 0. The summed E-state index contributed by atoms with van der Waals surface area (Å²) < 4.78 is 39.4. The third kappa shape index (κ3) is 5.18. The Morgan fingerprint density at radius 2 is 1.59 bits per heavy atom. The minimum atomic E-state index is -4.44. The largest absolute Gasteiger partial charge is 0.416 e. The number of halogens is 5. The van der Waals surface area contributed by atoms with E-state index in [1.54, 1.807) is 18.2 Å². The Morgan fingerprint density at radius 3 is 2.19 bits per heavy atom. The number of thiocarbonyl (C=S) groups is 1. The summed E-state index contributed by atoms with van der Waals surface area (Å²) >= 11 is 17.2. The Bertz CT molecular complexity index is 832. The maximum Gasteiger partial charge on any atom is 0.416 e. The maximum atomic E-state index is 13.1. The summed E-state index contributed by atoms with van der Waals surface area (Å²) in [7, 11) is 0. The van der Waals surface area contributed by atoms with Gasteiger partial charge in [0.15, 0.2) is 5.11 Å². The predicted molar refractivity (Wildman–Crippen MR) is 109 cm³/mol. The Kier molecular flexibility index (Phi) is 6.03. The van der Waals surface area contributed by atoms with E-state index in [0.717, 1.165) is 38.1 Å². The second kappa shape index (κ2) is 8.12. The molecule has 1 aliphatic rings. The highest BCUT2D eigenvalue weighted by Gasteiger charge is 2.31. The van der Waals surface area contributed by atoms with Gasteiger partial charge in [-0.25, -0.2) is 0 Å². The molecule has 1 heterocycles. The van der Waals surface area contributed by atoms with Crippen LogP contribution in [-0.4, -0.2) is 18.2 Å². The number of nitrogens with zero attached hydrogens (tertiary/aromatic N) is 1. The molecule has 2 aromatic rings. The molecule has 0 radical (unpaired) electrons. The zero-order valence-corrected chi connectivity index (χ0v) is 16.4. The van der Waals surface area contributed by atoms with E-state index >= 15 is 0 Å². The SMILES string of the molecule is FC(F)(F)c1ccc(N2CCCC2)c(NC(=S)Nc2cc(Cl)cc(Cl)c2)c1. The van der Waals surface area contributed by atoms with Crippen molar-refractivity contribution in [3.8, 4) is 0 Å². The van der Waals surface area contributed by atoms with E-state index in [-0.39, 0.29) is 5.11 Å². The van der Waals surface area contributed by atoms with Gasteiger partial charge in [0.1, 0.15) is 0 Å². The molecule has 3 rings (SSSR count). The second-order valence-corrected chi connectivity index (χ2v) is 7.44. The number of hydrogen-bond acceptors (Lipinski definition) is 2. The van der Waals surface area contributed by atoms with Crippen LogP contribution in [0.2, 0.25) is 10.0 Å². The predicted octanol–water partition coefficient (Wildman–Crippen LogP) is 6.42. The van der Waals surface area contributed by atoms with Crippen molar-refractivity contribution in [2.75, 3.05) is 28.6 Å². The zero-order chi connectivity index (χ0) is 19.6. The van der Waals surface area contributed by atoms with Crippen LogP contribution in [-0.2, 0) is 6.18 Å². The first-order chi connectivity index (χ1) is 12.7. The average molecular weight is 434 g/mol. The van der Waals surface area contributed by atoms with Gasteiger partial charge in [0.2, 0.25) is 0 Å². The van der Waals surface area contributed by atoms with Gasteiger partial charge >= 0.3 is 6.18 Å². The normalized spacial score (nSPS) is 14.3. The molecule has 0 unspecified atom stereocenters. The molecule has 2 N–H and O–H groups in total. The number of anilines is 3. The Labute approximate surface area is 170 Å². The Hall–Kier alpha value is -1.70. The molecule has 3 nitrogen and oxygen atoms in total. The van der Waals surface area contributed by atoms with E-state index in [1.807, 2.05) is 4.90 Å². The van der Waals surface area contributed by atoms with E-state index in [0.29, 0.717) is 27.1 Å². The monoisotopic (exact) mass is 433 g/mol. The first-order valence-electron chi connectivity index (χ1n) is 8.23. The van der Waals surface area contributed by atoms with E-state index in [4.69, 9.17) is 35.4 Å². The summed E-state index contributed by atoms with van der Waals surface area (Å²) in [6.45, 7) is 1.59. The minimum Gasteiger partial charge on any atom is -0.370 e. The number of rotatable bonds is 3.